The van der Waals surface area contributed by atoms with Crippen molar-refractivity contribution in [1.29, 1.82) is 0 Å². The quantitative estimate of drug-likeness (QED) is 0.704. The average molecular weight is 258 g/mol. The third kappa shape index (κ3) is 3.99. The van der Waals surface area contributed by atoms with E-state index in [2.05, 4.69) is 10.0 Å². The number of hydrogen-bond acceptors (Lipinski definition) is 4. The summed E-state index contributed by atoms with van der Waals surface area (Å²) >= 11 is 0. The van der Waals surface area contributed by atoms with E-state index in [-0.39, 0.29) is 4.90 Å². The Morgan fingerprint density at radius 2 is 1.88 bits per heavy atom. The zero-order valence-corrected chi connectivity index (χ0v) is 10.8. The number of nitrogens with one attached hydrogen (secondary N) is 2. The lowest BCUT2D eigenvalue weighted by atomic mass is 10.2. The molecular weight excluding hydrogens is 240 g/mol. The first-order chi connectivity index (χ1) is 7.99. The normalized spacial score (nSPS) is 13.4. The van der Waals surface area contributed by atoms with Crippen LogP contribution in [0.2, 0.25) is 0 Å². The number of benzene rings is 1. The SMILES string of the molecule is CCC(O)CNc1ccc(S(=O)(=O)NC)cc1. The Kier molecular flexibility index (Phi) is 4.92. The van der Waals surface area contributed by atoms with Gasteiger partial charge in [-0.2, -0.15) is 0 Å². The minimum absolute atomic E-state index is 0.224. The van der Waals surface area contributed by atoms with Crippen LogP contribution in [0.25, 0.3) is 0 Å². The van der Waals surface area contributed by atoms with Crippen LogP contribution in [0.1, 0.15) is 13.3 Å². The van der Waals surface area contributed by atoms with Gasteiger partial charge in [0.2, 0.25) is 10.0 Å². The molecule has 1 rings (SSSR count). The molecule has 0 aliphatic heterocycles. The summed E-state index contributed by atoms with van der Waals surface area (Å²) in [5.74, 6) is 0. The molecule has 0 heterocycles. The Bertz CT molecular complexity index is 442. The molecular formula is C11H18N2O3S. The second-order valence-corrected chi connectivity index (χ2v) is 5.56. The average Bonchev–Trinajstić information content (AvgIpc) is 2.36. The zero-order chi connectivity index (χ0) is 12.9. The van der Waals surface area contributed by atoms with Crippen LogP contribution in [0.5, 0.6) is 0 Å². The van der Waals surface area contributed by atoms with Crippen LogP contribution in [-0.2, 0) is 10.0 Å². The molecule has 1 atom stereocenters. The lowest BCUT2D eigenvalue weighted by Crippen LogP contribution is -2.19. The molecule has 0 saturated carbocycles. The highest BCUT2D eigenvalue weighted by atomic mass is 32.2. The van der Waals surface area contributed by atoms with E-state index in [0.717, 1.165) is 5.69 Å². The van der Waals surface area contributed by atoms with Gasteiger partial charge in [0, 0.05) is 12.2 Å². The van der Waals surface area contributed by atoms with Gasteiger partial charge in [-0.25, -0.2) is 13.1 Å². The summed E-state index contributed by atoms with van der Waals surface area (Å²) in [4.78, 5) is 0.224. The summed E-state index contributed by atoms with van der Waals surface area (Å²) in [5, 5.41) is 12.4. The summed E-state index contributed by atoms with van der Waals surface area (Å²) in [6.07, 6.45) is 0.287. The first-order valence-corrected chi connectivity index (χ1v) is 6.93. The van der Waals surface area contributed by atoms with Crippen LogP contribution in [0.3, 0.4) is 0 Å². The molecule has 0 aliphatic carbocycles. The predicted molar refractivity (Wildman–Crippen MR) is 67.5 cm³/mol. The van der Waals surface area contributed by atoms with E-state index in [1.807, 2.05) is 6.92 Å². The van der Waals surface area contributed by atoms with Crippen molar-refractivity contribution >= 4 is 15.7 Å². The highest BCUT2D eigenvalue weighted by Crippen LogP contribution is 2.13. The largest absolute Gasteiger partial charge is 0.391 e. The standard InChI is InChI=1S/C11H18N2O3S/c1-3-10(14)8-13-9-4-6-11(7-5-9)17(15,16)12-2/h4-7,10,12-14H,3,8H2,1-2H3. The maximum atomic E-state index is 11.5. The molecule has 0 saturated heterocycles. The molecule has 6 heteroatoms. The molecule has 17 heavy (non-hydrogen) atoms. The minimum atomic E-state index is -3.38. The molecule has 1 aromatic rings. The van der Waals surface area contributed by atoms with E-state index in [1.54, 1.807) is 12.1 Å². The molecule has 0 amide bonds. The second-order valence-electron chi connectivity index (χ2n) is 3.67. The lowest BCUT2D eigenvalue weighted by molar-refractivity contribution is 0.183. The van der Waals surface area contributed by atoms with Gasteiger partial charge in [0.1, 0.15) is 0 Å². The predicted octanol–water partition coefficient (Wildman–Crippen LogP) is 0.777. The minimum Gasteiger partial charge on any atom is -0.391 e. The second kappa shape index (κ2) is 6.00. The van der Waals surface area contributed by atoms with Gasteiger partial charge in [0.05, 0.1) is 11.0 Å². The Hall–Kier alpha value is -1.11. The summed E-state index contributed by atoms with van der Waals surface area (Å²) < 4.78 is 25.2. The molecule has 3 N–H and O–H groups in total. The van der Waals surface area contributed by atoms with E-state index in [0.29, 0.717) is 13.0 Å². The van der Waals surface area contributed by atoms with Crippen LogP contribution < -0.4 is 10.0 Å². The fraction of sp³-hybridized carbons (Fsp3) is 0.455. The Morgan fingerprint density at radius 3 is 2.35 bits per heavy atom. The summed E-state index contributed by atoms with van der Waals surface area (Å²) in [5.41, 5.74) is 0.785. The fourth-order valence-electron chi connectivity index (χ4n) is 1.25. The maximum absolute atomic E-state index is 11.5. The van der Waals surface area contributed by atoms with Crippen molar-refractivity contribution < 1.29 is 13.5 Å². The van der Waals surface area contributed by atoms with Crippen LogP contribution >= 0.6 is 0 Å². The monoisotopic (exact) mass is 258 g/mol. The number of sulfonamides is 1. The number of aliphatic hydroxyl groups excluding tert-OH is 1. The number of rotatable bonds is 6. The van der Waals surface area contributed by atoms with Crippen molar-refractivity contribution in [3.05, 3.63) is 24.3 Å². The van der Waals surface area contributed by atoms with Crippen LogP contribution in [0, 0.1) is 0 Å². The van der Waals surface area contributed by atoms with Crippen molar-refractivity contribution in [1.82, 2.24) is 4.72 Å². The van der Waals surface area contributed by atoms with E-state index >= 15 is 0 Å². The number of aliphatic hydroxyl groups is 1. The van der Waals surface area contributed by atoms with E-state index < -0.39 is 16.1 Å². The van der Waals surface area contributed by atoms with Gasteiger partial charge in [-0.15, -0.1) is 0 Å². The molecule has 0 aliphatic rings. The van der Waals surface area contributed by atoms with Crippen molar-refractivity contribution in [2.45, 2.75) is 24.3 Å². The fourth-order valence-corrected chi connectivity index (χ4v) is 1.98. The number of anilines is 1. The number of hydrogen-bond donors (Lipinski definition) is 3. The molecule has 0 spiro atoms. The van der Waals surface area contributed by atoms with Gasteiger partial charge in [-0.1, -0.05) is 6.92 Å². The van der Waals surface area contributed by atoms with Crippen molar-refractivity contribution in [3.8, 4) is 0 Å². The summed E-state index contributed by atoms with van der Waals surface area (Å²) in [7, 11) is -2.00. The highest BCUT2D eigenvalue weighted by molar-refractivity contribution is 7.89. The lowest BCUT2D eigenvalue weighted by Gasteiger charge is -2.11. The van der Waals surface area contributed by atoms with Gasteiger partial charge in [0.15, 0.2) is 0 Å². The van der Waals surface area contributed by atoms with E-state index in [9.17, 15) is 13.5 Å². The van der Waals surface area contributed by atoms with Gasteiger partial charge in [0.25, 0.3) is 0 Å². The van der Waals surface area contributed by atoms with E-state index in [4.69, 9.17) is 0 Å². The molecule has 5 nitrogen and oxygen atoms in total. The van der Waals surface area contributed by atoms with Gasteiger partial charge in [-0.05, 0) is 37.7 Å². The van der Waals surface area contributed by atoms with Gasteiger partial charge >= 0.3 is 0 Å². The Labute approximate surface area is 102 Å². The Morgan fingerprint density at radius 1 is 1.29 bits per heavy atom. The smallest absolute Gasteiger partial charge is 0.240 e. The molecule has 0 fully saturated rings. The molecule has 0 radical (unpaired) electrons. The third-order valence-corrected chi connectivity index (χ3v) is 3.88. The topological polar surface area (TPSA) is 78.4 Å². The summed E-state index contributed by atoms with van der Waals surface area (Å²) in [6, 6.07) is 6.39. The van der Waals surface area contributed by atoms with Crippen LogP contribution in [0.15, 0.2) is 29.2 Å². The van der Waals surface area contributed by atoms with Crippen molar-refractivity contribution in [3.63, 3.8) is 0 Å². The Balaban J connectivity index is 2.69. The first-order valence-electron chi connectivity index (χ1n) is 5.45. The van der Waals surface area contributed by atoms with Crippen LogP contribution in [0.4, 0.5) is 5.69 Å². The summed E-state index contributed by atoms with van der Waals surface area (Å²) in [6.45, 7) is 2.35. The zero-order valence-electron chi connectivity index (χ0n) is 9.97. The van der Waals surface area contributed by atoms with Crippen molar-refractivity contribution in [2.24, 2.45) is 0 Å². The van der Waals surface area contributed by atoms with Crippen molar-refractivity contribution in [2.75, 3.05) is 18.9 Å². The van der Waals surface area contributed by atoms with Gasteiger partial charge in [-0.3, -0.25) is 0 Å². The molecule has 1 aromatic carbocycles. The van der Waals surface area contributed by atoms with Crippen LogP contribution in [-0.4, -0.2) is 33.2 Å². The van der Waals surface area contributed by atoms with Gasteiger partial charge < -0.3 is 10.4 Å². The highest BCUT2D eigenvalue weighted by Gasteiger charge is 2.10. The molecule has 0 aromatic heterocycles. The molecule has 96 valence electrons. The molecule has 0 bridgehead atoms. The van der Waals surface area contributed by atoms with E-state index in [1.165, 1.54) is 19.2 Å². The maximum Gasteiger partial charge on any atom is 0.240 e. The molecule has 1 unspecified atom stereocenters. The first kappa shape index (κ1) is 14.0. The third-order valence-electron chi connectivity index (χ3n) is 2.45.